The molecule has 0 fully saturated rings. The van der Waals surface area contributed by atoms with E-state index >= 15 is 0 Å². The molecule has 0 saturated carbocycles. The number of hydrogen-bond donors (Lipinski definition) is 0. The van der Waals surface area contributed by atoms with Crippen molar-refractivity contribution in [1.29, 1.82) is 0 Å². The van der Waals surface area contributed by atoms with Gasteiger partial charge in [0.15, 0.2) is 0 Å². The van der Waals surface area contributed by atoms with Gasteiger partial charge in [-0.1, -0.05) is 123 Å². The molecule has 214 valence electrons. The molecule has 0 unspecified atom stereocenters. The van der Waals surface area contributed by atoms with E-state index in [2.05, 4.69) is 164 Å². The number of anilines is 3. The van der Waals surface area contributed by atoms with E-state index in [-0.39, 0.29) is 5.41 Å². The molecule has 1 aliphatic rings. The van der Waals surface area contributed by atoms with Gasteiger partial charge >= 0.3 is 0 Å². The number of para-hydroxylation sites is 2. The number of fused-ring (bicyclic) bond motifs is 8. The summed E-state index contributed by atoms with van der Waals surface area (Å²) in [4.78, 5) is 2.45. The van der Waals surface area contributed by atoms with E-state index in [9.17, 15) is 0 Å². The Kier molecular flexibility index (Phi) is 5.58. The monoisotopic (exact) mass is 577 g/mol. The molecule has 0 amide bonds. The van der Waals surface area contributed by atoms with Gasteiger partial charge in [-0.05, 0) is 75.7 Å². The highest BCUT2D eigenvalue weighted by Crippen LogP contribution is 2.52. The van der Waals surface area contributed by atoms with Gasteiger partial charge in [-0.2, -0.15) is 0 Å². The zero-order chi connectivity index (χ0) is 30.1. The van der Waals surface area contributed by atoms with Gasteiger partial charge in [0.25, 0.3) is 0 Å². The fraction of sp³-hybridized carbons (Fsp3) is 0.0698. The number of benzene rings is 7. The Labute approximate surface area is 262 Å². The van der Waals surface area contributed by atoms with Crippen LogP contribution in [0, 0.1) is 0 Å². The lowest BCUT2D eigenvalue weighted by Crippen LogP contribution is -2.15. The van der Waals surface area contributed by atoms with E-state index in [1.807, 2.05) is 6.07 Å². The molecule has 7 aromatic carbocycles. The third kappa shape index (κ3) is 3.82. The molecular weight excluding hydrogens is 546 g/mol. The molecule has 0 spiro atoms. The van der Waals surface area contributed by atoms with Crippen molar-refractivity contribution >= 4 is 49.8 Å². The van der Waals surface area contributed by atoms with Crippen LogP contribution in [0.25, 0.3) is 55.0 Å². The minimum Gasteiger partial charge on any atom is -0.456 e. The molecule has 0 radical (unpaired) electrons. The summed E-state index contributed by atoms with van der Waals surface area (Å²) in [5, 5.41) is 4.67. The lowest BCUT2D eigenvalue weighted by atomic mass is 9.82. The third-order valence-corrected chi connectivity index (χ3v) is 9.67. The molecule has 0 atom stereocenters. The van der Waals surface area contributed by atoms with Gasteiger partial charge in [-0.3, -0.25) is 0 Å². The highest BCUT2D eigenvalue weighted by molar-refractivity contribution is 6.21. The van der Waals surface area contributed by atoms with Crippen LogP contribution in [-0.4, -0.2) is 0 Å². The number of hydrogen-bond acceptors (Lipinski definition) is 2. The molecule has 1 aromatic heterocycles. The molecule has 2 nitrogen and oxygen atoms in total. The molecule has 0 N–H and O–H groups in total. The molecule has 1 heterocycles. The van der Waals surface area contributed by atoms with Crippen molar-refractivity contribution in [3.05, 3.63) is 163 Å². The van der Waals surface area contributed by atoms with Crippen LogP contribution in [0.3, 0.4) is 0 Å². The van der Waals surface area contributed by atoms with Crippen LogP contribution < -0.4 is 4.90 Å². The van der Waals surface area contributed by atoms with E-state index < -0.39 is 0 Å². The molecule has 2 heteroatoms. The van der Waals surface area contributed by atoms with E-state index in [4.69, 9.17) is 4.42 Å². The Balaban J connectivity index is 1.35. The van der Waals surface area contributed by atoms with E-state index in [1.54, 1.807) is 0 Å². The van der Waals surface area contributed by atoms with E-state index in [1.165, 1.54) is 44.2 Å². The largest absolute Gasteiger partial charge is 0.456 e. The van der Waals surface area contributed by atoms with Crippen LogP contribution >= 0.6 is 0 Å². The molecule has 9 rings (SSSR count). The van der Waals surface area contributed by atoms with Gasteiger partial charge in [0, 0.05) is 32.8 Å². The smallest absolute Gasteiger partial charge is 0.136 e. The van der Waals surface area contributed by atoms with Gasteiger partial charge in [0.05, 0.1) is 11.4 Å². The summed E-state index contributed by atoms with van der Waals surface area (Å²) >= 11 is 0. The van der Waals surface area contributed by atoms with Crippen LogP contribution in [0.15, 0.2) is 156 Å². The van der Waals surface area contributed by atoms with Gasteiger partial charge in [-0.15, -0.1) is 0 Å². The van der Waals surface area contributed by atoms with Crippen molar-refractivity contribution in [2.24, 2.45) is 0 Å². The summed E-state index contributed by atoms with van der Waals surface area (Å²) in [6, 6.07) is 54.7. The Hall–Kier alpha value is -5.60. The first-order valence-electron chi connectivity index (χ1n) is 15.6. The first-order chi connectivity index (χ1) is 22.1. The fourth-order valence-electron chi connectivity index (χ4n) is 7.55. The van der Waals surface area contributed by atoms with Gasteiger partial charge in [-0.25, -0.2) is 0 Å². The van der Waals surface area contributed by atoms with Crippen LogP contribution in [0.5, 0.6) is 0 Å². The highest BCUT2D eigenvalue weighted by atomic mass is 16.3. The summed E-state index contributed by atoms with van der Waals surface area (Å²) in [5.74, 6) is 0. The topological polar surface area (TPSA) is 16.4 Å². The average Bonchev–Trinajstić information content (AvgIpc) is 3.58. The second-order valence-electron chi connectivity index (χ2n) is 12.5. The summed E-state index contributed by atoms with van der Waals surface area (Å²) in [6.45, 7) is 4.68. The maximum Gasteiger partial charge on any atom is 0.136 e. The van der Waals surface area contributed by atoms with Crippen molar-refractivity contribution in [2.45, 2.75) is 19.3 Å². The minimum absolute atomic E-state index is 0.0510. The maximum absolute atomic E-state index is 6.30. The number of nitrogens with zero attached hydrogens (tertiary/aromatic N) is 1. The molecule has 45 heavy (non-hydrogen) atoms. The first kappa shape index (κ1) is 25.9. The van der Waals surface area contributed by atoms with Crippen molar-refractivity contribution in [3.8, 4) is 22.3 Å². The van der Waals surface area contributed by atoms with Crippen LogP contribution in [-0.2, 0) is 5.41 Å². The Bertz CT molecular complexity index is 2410. The third-order valence-electron chi connectivity index (χ3n) is 9.67. The average molecular weight is 578 g/mol. The molecule has 0 bridgehead atoms. The second kappa shape index (κ2) is 9.70. The first-order valence-corrected chi connectivity index (χ1v) is 15.6. The normalized spacial score (nSPS) is 13.3. The SMILES string of the molecule is CC1(C)c2ccccc2-c2cc(N(c3ccccc3-c3ccccc3)c3cccc4c3ccc3oc5ccccc5c34)ccc21. The number of rotatable bonds is 4. The van der Waals surface area contributed by atoms with Crippen molar-refractivity contribution in [3.63, 3.8) is 0 Å². The maximum atomic E-state index is 6.30. The fourth-order valence-corrected chi connectivity index (χ4v) is 7.55. The second-order valence-corrected chi connectivity index (χ2v) is 12.5. The van der Waals surface area contributed by atoms with Crippen molar-refractivity contribution in [2.75, 3.05) is 4.90 Å². The summed E-state index contributed by atoms with van der Waals surface area (Å²) < 4.78 is 6.30. The summed E-state index contributed by atoms with van der Waals surface area (Å²) in [5.41, 5.74) is 12.9. The van der Waals surface area contributed by atoms with E-state index in [0.717, 1.165) is 39.0 Å². The lowest BCUT2D eigenvalue weighted by Gasteiger charge is -2.30. The highest BCUT2D eigenvalue weighted by Gasteiger charge is 2.35. The standard InChI is InChI=1S/C43H31NO/c1-43(2)36-19-9-6-16-31(36)35-27-29(23-25-37(35)43)44(38-20-10-7-15-30(38)28-13-4-3-5-14-28)39-21-12-18-33-32(39)24-26-41-42(33)34-17-8-11-22-40(34)45-41/h3-27H,1-2H3. The Morgan fingerprint density at radius 1 is 0.467 bits per heavy atom. The number of furan rings is 1. The lowest BCUT2D eigenvalue weighted by molar-refractivity contribution is 0.660. The Morgan fingerprint density at radius 3 is 2.04 bits per heavy atom. The minimum atomic E-state index is -0.0510. The summed E-state index contributed by atoms with van der Waals surface area (Å²) in [7, 11) is 0. The quantitative estimate of drug-likeness (QED) is 0.207. The van der Waals surface area contributed by atoms with Gasteiger partial charge in [0.2, 0.25) is 0 Å². The van der Waals surface area contributed by atoms with Crippen molar-refractivity contribution in [1.82, 2.24) is 0 Å². The molecule has 1 aliphatic carbocycles. The van der Waals surface area contributed by atoms with E-state index in [0.29, 0.717) is 0 Å². The molecular formula is C43H31NO. The van der Waals surface area contributed by atoms with Crippen molar-refractivity contribution < 1.29 is 4.42 Å². The zero-order valence-corrected chi connectivity index (χ0v) is 25.3. The summed E-state index contributed by atoms with van der Waals surface area (Å²) in [6.07, 6.45) is 0. The predicted molar refractivity (Wildman–Crippen MR) is 189 cm³/mol. The van der Waals surface area contributed by atoms with Crippen LogP contribution in [0.2, 0.25) is 0 Å². The van der Waals surface area contributed by atoms with Crippen LogP contribution in [0.1, 0.15) is 25.0 Å². The van der Waals surface area contributed by atoms with Gasteiger partial charge in [0.1, 0.15) is 11.2 Å². The Morgan fingerprint density at radius 2 is 1.16 bits per heavy atom. The molecule has 0 aliphatic heterocycles. The zero-order valence-electron chi connectivity index (χ0n) is 25.3. The van der Waals surface area contributed by atoms with Crippen LogP contribution in [0.4, 0.5) is 17.1 Å². The molecule has 0 saturated heterocycles. The van der Waals surface area contributed by atoms with Gasteiger partial charge < -0.3 is 9.32 Å². The predicted octanol–water partition coefficient (Wildman–Crippen LogP) is 12.2. The molecule has 8 aromatic rings.